The Balaban J connectivity index is 2.47. The van der Waals surface area contributed by atoms with Crippen molar-refractivity contribution in [3.05, 3.63) is 0 Å². The summed E-state index contributed by atoms with van der Waals surface area (Å²) in [4.78, 5) is 9.96. The maximum atomic E-state index is 12.2. The fourth-order valence-electron chi connectivity index (χ4n) is 1.10. The molecular formula is C6H8F2O. The topological polar surface area (TPSA) is 17.1 Å². The number of hydrogen-bond acceptors (Lipinski definition) is 1. The fraction of sp³-hybridized carbons (Fsp3) is 0.833. The van der Waals surface area contributed by atoms with Crippen LogP contribution in [0.25, 0.3) is 0 Å². The van der Waals surface area contributed by atoms with Crippen molar-refractivity contribution < 1.29 is 13.6 Å². The van der Waals surface area contributed by atoms with Crippen LogP contribution in [0.1, 0.15) is 19.3 Å². The Morgan fingerprint density at radius 1 is 1.56 bits per heavy atom. The van der Waals surface area contributed by atoms with Crippen molar-refractivity contribution in [3.63, 3.8) is 0 Å². The van der Waals surface area contributed by atoms with Crippen molar-refractivity contribution in [2.75, 3.05) is 0 Å². The van der Waals surface area contributed by atoms with Crippen LogP contribution in [0.3, 0.4) is 0 Å². The minimum Gasteiger partial charge on any atom is -0.303 e. The van der Waals surface area contributed by atoms with Gasteiger partial charge in [-0.2, -0.15) is 0 Å². The average Bonchev–Trinajstić information content (AvgIpc) is 2.10. The van der Waals surface area contributed by atoms with E-state index in [9.17, 15) is 13.6 Å². The van der Waals surface area contributed by atoms with E-state index in [0.717, 1.165) is 0 Å². The smallest absolute Gasteiger partial charge is 0.248 e. The number of rotatable bonds is 1. The van der Waals surface area contributed by atoms with Gasteiger partial charge in [-0.15, -0.1) is 0 Å². The van der Waals surface area contributed by atoms with Gasteiger partial charge < -0.3 is 4.79 Å². The zero-order valence-electron chi connectivity index (χ0n) is 4.94. The molecule has 0 N–H and O–H groups in total. The quantitative estimate of drug-likeness (QED) is 0.498. The Morgan fingerprint density at radius 3 is 2.44 bits per heavy atom. The van der Waals surface area contributed by atoms with E-state index < -0.39 is 5.92 Å². The van der Waals surface area contributed by atoms with Gasteiger partial charge in [0.15, 0.2) is 0 Å². The second-order valence-electron chi connectivity index (χ2n) is 2.49. The normalized spacial score (nSPS) is 32.4. The lowest BCUT2D eigenvalue weighted by Crippen LogP contribution is -2.09. The largest absolute Gasteiger partial charge is 0.303 e. The highest BCUT2D eigenvalue weighted by Crippen LogP contribution is 2.37. The van der Waals surface area contributed by atoms with Gasteiger partial charge in [-0.25, -0.2) is 8.78 Å². The second-order valence-corrected chi connectivity index (χ2v) is 2.49. The number of halogens is 2. The van der Waals surface area contributed by atoms with Crippen LogP contribution >= 0.6 is 0 Å². The van der Waals surface area contributed by atoms with Crippen molar-refractivity contribution in [2.24, 2.45) is 5.92 Å². The molecule has 1 unspecified atom stereocenters. The highest BCUT2D eigenvalue weighted by Gasteiger charge is 2.38. The third kappa shape index (κ3) is 1.47. The van der Waals surface area contributed by atoms with Gasteiger partial charge in [0.25, 0.3) is 0 Å². The van der Waals surface area contributed by atoms with Crippen LogP contribution in [0.5, 0.6) is 0 Å². The van der Waals surface area contributed by atoms with Crippen LogP contribution in [-0.4, -0.2) is 12.2 Å². The molecule has 3 heteroatoms. The summed E-state index contributed by atoms with van der Waals surface area (Å²) in [7, 11) is 0. The Hall–Kier alpha value is -0.470. The van der Waals surface area contributed by atoms with Crippen LogP contribution in [0.4, 0.5) is 8.78 Å². The van der Waals surface area contributed by atoms with Crippen molar-refractivity contribution in [1.82, 2.24) is 0 Å². The molecule has 1 aliphatic rings. The van der Waals surface area contributed by atoms with Crippen molar-refractivity contribution in [3.8, 4) is 0 Å². The summed E-state index contributed by atoms with van der Waals surface area (Å²) >= 11 is 0. The first-order valence-electron chi connectivity index (χ1n) is 2.97. The molecule has 1 fully saturated rings. The Labute approximate surface area is 52.1 Å². The predicted octanol–water partition coefficient (Wildman–Crippen LogP) is 1.62. The average molecular weight is 134 g/mol. The third-order valence-electron chi connectivity index (χ3n) is 1.63. The van der Waals surface area contributed by atoms with Gasteiger partial charge in [-0.3, -0.25) is 0 Å². The maximum absolute atomic E-state index is 12.2. The predicted molar refractivity (Wildman–Crippen MR) is 28.4 cm³/mol. The minimum absolute atomic E-state index is 0.115. The molecule has 0 aliphatic heterocycles. The number of carbonyl (C=O) groups is 1. The van der Waals surface area contributed by atoms with Crippen molar-refractivity contribution in [2.45, 2.75) is 25.2 Å². The molecule has 9 heavy (non-hydrogen) atoms. The standard InChI is InChI=1S/C6H8F2O/c7-6(8)2-1-5(3-6)4-9/h4-5H,1-3H2. The molecule has 1 nitrogen and oxygen atoms in total. The molecule has 0 amide bonds. The van der Waals surface area contributed by atoms with Crippen LogP contribution in [0, 0.1) is 5.92 Å². The van der Waals surface area contributed by atoms with Gasteiger partial charge in [0.05, 0.1) is 0 Å². The lowest BCUT2D eigenvalue weighted by Gasteiger charge is -2.04. The highest BCUT2D eigenvalue weighted by atomic mass is 19.3. The van der Waals surface area contributed by atoms with Gasteiger partial charge in [-0.05, 0) is 6.42 Å². The third-order valence-corrected chi connectivity index (χ3v) is 1.63. The first-order valence-corrected chi connectivity index (χ1v) is 2.97. The molecule has 0 bridgehead atoms. The second kappa shape index (κ2) is 2.05. The van der Waals surface area contributed by atoms with Crippen molar-refractivity contribution >= 4 is 6.29 Å². The summed E-state index contributed by atoms with van der Waals surface area (Å²) in [6.07, 6.45) is 0.629. The van der Waals surface area contributed by atoms with Crippen LogP contribution in [0.15, 0.2) is 0 Å². The van der Waals surface area contributed by atoms with E-state index >= 15 is 0 Å². The van der Waals surface area contributed by atoms with Gasteiger partial charge in [0.1, 0.15) is 6.29 Å². The molecule has 1 atom stereocenters. The molecule has 0 heterocycles. The molecule has 1 aliphatic carbocycles. The summed E-state index contributed by atoms with van der Waals surface area (Å²) in [5.74, 6) is -2.95. The number of hydrogen-bond donors (Lipinski definition) is 0. The summed E-state index contributed by atoms with van der Waals surface area (Å²) in [6, 6.07) is 0. The van der Waals surface area contributed by atoms with Crippen LogP contribution < -0.4 is 0 Å². The van der Waals surface area contributed by atoms with Gasteiger partial charge in [0.2, 0.25) is 5.92 Å². The minimum atomic E-state index is -2.56. The van der Waals surface area contributed by atoms with Gasteiger partial charge >= 0.3 is 0 Å². The summed E-state index contributed by atoms with van der Waals surface area (Å²) in [6.45, 7) is 0. The molecule has 0 aromatic rings. The monoisotopic (exact) mass is 134 g/mol. The number of aldehydes is 1. The lowest BCUT2D eigenvalue weighted by molar-refractivity contribution is -0.111. The van der Waals surface area contributed by atoms with Crippen LogP contribution in [-0.2, 0) is 4.79 Å². The number of alkyl halides is 2. The Bertz CT molecular complexity index is 122. The van der Waals surface area contributed by atoms with Crippen molar-refractivity contribution in [1.29, 1.82) is 0 Å². The summed E-state index contributed by atoms with van der Waals surface area (Å²) in [5.41, 5.74) is 0. The molecule has 0 radical (unpaired) electrons. The first-order chi connectivity index (χ1) is 4.14. The SMILES string of the molecule is O=CC1CCC(F)(F)C1. The van der Waals surface area contributed by atoms with Crippen LogP contribution in [0.2, 0.25) is 0 Å². The van der Waals surface area contributed by atoms with Gasteiger partial charge in [0, 0.05) is 18.8 Å². The lowest BCUT2D eigenvalue weighted by atomic mass is 10.1. The molecule has 0 spiro atoms. The molecule has 52 valence electrons. The first kappa shape index (κ1) is 6.65. The summed E-state index contributed by atoms with van der Waals surface area (Å²) < 4.78 is 24.4. The Morgan fingerprint density at radius 2 is 2.22 bits per heavy atom. The van der Waals surface area contributed by atoms with E-state index in [1.54, 1.807) is 0 Å². The molecule has 1 saturated carbocycles. The van der Waals surface area contributed by atoms with E-state index in [2.05, 4.69) is 0 Å². The van der Waals surface area contributed by atoms with E-state index in [0.29, 0.717) is 12.7 Å². The van der Waals surface area contributed by atoms with E-state index in [1.165, 1.54) is 0 Å². The fourth-order valence-corrected chi connectivity index (χ4v) is 1.10. The molecule has 1 rings (SSSR count). The summed E-state index contributed by atoms with van der Waals surface area (Å²) in [5, 5.41) is 0. The zero-order chi connectivity index (χ0) is 6.91. The number of carbonyl (C=O) groups excluding carboxylic acids is 1. The molecule has 0 aromatic heterocycles. The van der Waals surface area contributed by atoms with E-state index in [1.807, 2.05) is 0 Å². The Kier molecular flexibility index (Phi) is 1.51. The van der Waals surface area contributed by atoms with Gasteiger partial charge in [-0.1, -0.05) is 0 Å². The zero-order valence-corrected chi connectivity index (χ0v) is 4.94. The highest BCUT2D eigenvalue weighted by molar-refractivity contribution is 5.54. The van der Waals surface area contributed by atoms with E-state index in [4.69, 9.17) is 0 Å². The molecular weight excluding hydrogens is 126 g/mol. The molecule has 0 aromatic carbocycles. The van der Waals surface area contributed by atoms with E-state index in [-0.39, 0.29) is 18.8 Å². The maximum Gasteiger partial charge on any atom is 0.248 e. The molecule has 0 saturated heterocycles.